The second kappa shape index (κ2) is 9.13. The standard InChI is InChI=1S/C24H27N5O3/c1-26(2)22(30)16-25-23(31)19-8-9-20-10-11-21(29(20)17-19)27-12-14-28(15-13-27)24(32)18-6-4-3-5-7-18/h3-11,17H,12-16H2,1-2H3,(H,25,31). The highest BCUT2D eigenvalue weighted by molar-refractivity contribution is 5.96. The van der Waals surface area contributed by atoms with E-state index < -0.39 is 0 Å². The van der Waals surface area contributed by atoms with E-state index in [4.69, 9.17) is 0 Å². The van der Waals surface area contributed by atoms with Crippen LogP contribution in [-0.2, 0) is 4.79 Å². The number of anilines is 1. The van der Waals surface area contributed by atoms with Crippen molar-refractivity contribution in [3.05, 3.63) is 71.9 Å². The molecule has 0 unspecified atom stereocenters. The third-order valence-corrected chi connectivity index (χ3v) is 5.70. The molecular formula is C24H27N5O3. The lowest BCUT2D eigenvalue weighted by Crippen LogP contribution is -2.49. The van der Waals surface area contributed by atoms with Gasteiger partial charge in [0.15, 0.2) is 0 Å². The highest BCUT2D eigenvalue weighted by atomic mass is 16.2. The van der Waals surface area contributed by atoms with E-state index in [1.54, 1.807) is 26.4 Å². The monoisotopic (exact) mass is 433 g/mol. The number of hydrogen-bond acceptors (Lipinski definition) is 4. The third-order valence-electron chi connectivity index (χ3n) is 5.70. The molecule has 3 amide bonds. The number of aromatic nitrogens is 1. The van der Waals surface area contributed by atoms with Gasteiger partial charge >= 0.3 is 0 Å². The number of carbonyl (C=O) groups is 3. The van der Waals surface area contributed by atoms with Crippen LogP contribution >= 0.6 is 0 Å². The Bertz CT molecular complexity index is 1130. The number of rotatable bonds is 5. The first-order chi connectivity index (χ1) is 15.4. The van der Waals surface area contributed by atoms with Gasteiger partial charge in [-0.3, -0.25) is 14.4 Å². The Kier molecular flexibility index (Phi) is 6.11. The van der Waals surface area contributed by atoms with E-state index in [-0.39, 0.29) is 24.3 Å². The van der Waals surface area contributed by atoms with Gasteiger partial charge in [0, 0.05) is 57.6 Å². The summed E-state index contributed by atoms with van der Waals surface area (Å²) in [5.74, 6) is 0.575. The number of carbonyl (C=O) groups excluding carboxylic acids is 3. The first-order valence-electron chi connectivity index (χ1n) is 10.6. The summed E-state index contributed by atoms with van der Waals surface area (Å²) in [7, 11) is 3.31. The van der Waals surface area contributed by atoms with Crippen LogP contribution in [0.2, 0.25) is 0 Å². The maximum Gasteiger partial charge on any atom is 0.253 e. The Morgan fingerprint density at radius 2 is 1.56 bits per heavy atom. The average molecular weight is 434 g/mol. The van der Waals surface area contributed by atoms with Gasteiger partial charge in [0.25, 0.3) is 11.8 Å². The highest BCUT2D eigenvalue weighted by Crippen LogP contribution is 2.22. The SMILES string of the molecule is CN(C)C(=O)CNC(=O)c1ccc2ccc(N3CCN(C(=O)c4ccccc4)CC3)n2c1. The second-order valence-corrected chi connectivity index (χ2v) is 8.02. The van der Waals surface area contributed by atoms with Crippen LogP contribution in [0.3, 0.4) is 0 Å². The second-order valence-electron chi connectivity index (χ2n) is 8.02. The molecule has 1 aromatic carbocycles. The quantitative estimate of drug-likeness (QED) is 0.665. The Balaban J connectivity index is 1.45. The van der Waals surface area contributed by atoms with Gasteiger partial charge in [-0.05, 0) is 36.4 Å². The fourth-order valence-corrected chi connectivity index (χ4v) is 3.80. The summed E-state index contributed by atoms with van der Waals surface area (Å²) < 4.78 is 1.98. The van der Waals surface area contributed by atoms with Gasteiger partial charge in [-0.2, -0.15) is 0 Å². The smallest absolute Gasteiger partial charge is 0.253 e. The predicted octanol–water partition coefficient (Wildman–Crippen LogP) is 1.72. The molecular weight excluding hydrogens is 406 g/mol. The van der Waals surface area contributed by atoms with Crippen LogP contribution in [0.4, 0.5) is 5.82 Å². The molecule has 0 spiro atoms. The molecule has 1 saturated heterocycles. The first-order valence-corrected chi connectivity index (χ1v) is 10.6. The lowest BCUT2D eigenvalue weighted by Gasteiger charge is -2.36. The first kappa shape index (κ1) is 21.4. The van der Waals surface area contributed by atoms with Crippen LogP contribution in [0.1, 0.15) is 20.7 Å². The Hall–Kier alpha value is -3.81. The Morgan fingerprint density at radius 3 is 2.25 bits per heavy atom. The maximum atomic E-state index is 12.7. The van der Waals surface area contributed by atoms with Crippen molar-refractivity contribution in [2.75, 3.05) is 51.7 Å². The summed E-state index contributed by atoms with van der Waals surface area (Å²) in [6.07, 6.45) is 1.79. The summed E-state index contributed by atoms with van der Waals surface area (Å²) in [5, 5.41) is 2.67. The lowest BCUT2D eigenvalue weighted by atomic mass is 10.2. The number of amides is 3. The minimum absolute atomic E-state index is 0.0419. The summed E-state index contributed by atoms with van der Waals surface area (Å²) in [4.78, 5) is 42.5. The van der Waals surface area contributed by atoms with Crippen molar-refractivity contribution < 1.29 is 14.4 Å². The summed E-state index contributed by atoms with van der Waals surface area (Å²) in [6, 6.07) is 17.0. The molecule has 0 bridgehead atoms. The molecule has 0 saturated carbocycles. The molecule has 0 aliphatic carbocycles. The van der Waals surface area contributed by atoms with E-state index in [2.05, 4.69) is 10.2 Å². The molecule has 3 heterocycles. The van der Waals surface area contributed by atoms with Crippen LogP contribution in [0.25, 0.3) is 5.52 Å². The van der Waals surface area contributed by atoms with E-state index in [9.17, 15) is 14.4 Å². The van der Waals surface area contributed by atoms with Gasteiger partial charge in [-0.25, -0.2) is 0 Å². The van der Waals surface area contributed by atoms with Crippen molar-refractivity contribution in [2.24, 2.45) is 0 Å². The number of pyridine rings is 1. The number of fused-ring (bicyclic) bond motifs is 1. The number of nitrogens with zero attached hydrogens (tertiary/aromatic N) is 4. The molecule has 4 rings (SSSR count). The number of benzene rings is 1. The predicted molar refractivity (Wildman–Crippen MR) is 123 cm³/mol. The number of nitrogens with one attached hydrogen (secondary N) is 1. The van der Waals surface area contributed by atoms with Gasteiger partial charge in [-0.15, -0.1) is 0 Å². The minimum atomic E-state index is -0.292. The van der Waals surface area contributed by atoms with Gasteiger partial charge in [0.1, 0.15) is 5.82 Å². The largest absolute Gasteiger partial charge is 0.354 e. The summed E-state index contributed by atoms with van der Waals surface area (Å²) in [6.45, 7) is 2.64. The van der Waals surface area contributed by atoms with Gasteiger partial charge in [0.05, 0.1) is 12.1 Å². The van der Waals surface area contributed by atoms with E-state index in [0.29, 0.717) is 37.3 Å². The molecule has 2 aromatic heterocycles. The van der Waals surface area contributed by atoms with Crippen molar-refractivity contribution in [1.82, 2.24) is 19.5 Å². The molecule has 1 fully saturated rings. The number of likely N-dealkylation sites (N-methyl/N-ethyl adjacent to an activating group) is 1. The zero-order chi connectivity index (χ0) is 22.7. The van der Waals surface area contributed by atoms with E-state index in [1.165, 1.54) is 4.90 Å². The van der Waals surface area contributed by atoms with Crippen LogP contribution < -0.4 is 10.2 Å². The lowest BCUT2D eigenvalue weighted by molar-refractivity contribution is -0.127. The molecule has 1 aliphatic rings. The Labute approximate surface area is 187 Å². The molecule has 8 nitrogen and oxygen atoms in total. The van der Waals surface area contributed by atoms with Crippen molar-refractivity contribution in [1.29, 1.82) is 0 Å². The minimum Gasteiger partial charge on any atom is -0.354 e. The molecule has 166 valence electrons. The van der Waals surface area contributed by atoms with Crippen molar-refractivity contribution >= 4 is 29.1 Å². The van der Waals surface area contributed by atoms with Crippen LogP contribution in [0.15, 0.2) is 60.8 Å². The average Bonchev–Trinajstić information content (AvgIpc) is 3.25. The molecule has 0 atom stereocenters. The highest BCUT2D eigenvalue weighted by Gasteiger charge is 2.23. The maximum absolute atomic E-state index is 12.7. The van der Waals surface area contributed by atoms with E-state index >= 15 is 0 Å². The molecule has 8 heteroatoms. The zero-order valence-electron chi connectivity index (χ0n) is 18.3. The number of hydrogen-bond donors (Lipinski definition) is 1. The molecule has 1 N–H and O–H groups in total. The van der Waals surface area contributed by atoms with Gasteiger partial charge < -0.3 is 24.4 Å². The van der Waals surface area contributed by atoms with E-state index in [1.807, 2.05) is 57.8 Å². The van der Waals surface area contributed by atoms with Gasteiger partial charge in [-0.1, -0.05) is 18.2 Å². The van der Waals surface area contributed by atoms with Crippen molar-refractivity contribution in [3.63, 3.8) is 0 Å². The molecule has 1 aliphatic heterocycles. The Morgan fingerprint density at radius 1 is 0.875 bits per heavy atom. The molecule has 3 aromatic rings. The van der Waals surface area contributed by atoms with Crippen LogP contribution in [0.5, 0.6) is 0 Å². The number of piperazine rings is 1. The summed E-state index contributed by atoms with van der Waals surface area (Å²) in [5.41, 5.74) is 2.17. The molecule has 0 radical (unpaired) electrons. The third kappa shape index (κ3) is 4.44. The fourth-order valence-electron chi connectivity index (χ4n) is 3.80. The van der Waals surface area contributed by atoms with E-state index in [0.717, 1.165) is 11.3 Å². The molecule has 32 heavy (non-hydrogen) atoms. The van der Waals surface area contributed by atoms with Crippen molar-refractivity contribution in [3.8, 4) is 0 Å². The van der Waals surface area contributed by atoms with Crippen LogP contribution in [-0.4, -0.2) is 78.7 Å². The zero-order valence-corrected chi connectivity index (χ0v) is 18.3. The van der Waals surface area contributed by atoms with Gasteiger partial charge in [0.2, 0.25) is 5.91 Å². The normalized spacial score (nSPS) is 13.8. The summed E-state index contributed by atoms with van der Waals surface area (Å²) >= 11 is 0. The topological polar surface area (TPSA) is 77.4 Å². The fraction of sp³-hybridized carbons (Fsp3) is 0.292. The van der Waals surface area contributed by atoms with Crippen LogP contribution in [0, 0.1) is 0 Å². The van der Waals surface area contributed by atoms with Crippen molar-refractivity contribution in [2.45, 2.75) is 0 Å².